The highest BCUT2D eigenvalue weighted by atomic mass is 32.2. The largest absolute Gasteiger partial charge is 0.465 e. The normalized spacial score (nSPS) is 20.1. The summed E-state index contributed by atoms with van der Waals surface area (Å²) in [6.45, 7) is 3.69. The Morgan fingerprint density at radius 2 is 1.56 bits per heavy atom. The van der Waals surface area contributed by atoms with E-state index in [0.717, 1.165) is 37.5 Å². The van der Waals surface area contributed by atoms with E-state index in [2.05, 4.69) is 6.92 Å². The molecule has 3 atom stereocenters. The van der Waals surface area contributed by atoms with Crippen molar-refractivity contribution in [3.63, 3.8) is 0 Å². The van der Waals surface area contributed by atoms with Gasteiger partial charge in [0.1, 0.15) is 13.2 Å². The van der Waals surface area contributed by atoms with Gasteiger partial charge in [-0.05, 0) is 12.0 Å². The summed E-state index contributed by atoms with van der Waals surface area (Å²) in [4.78, 5) is 24.7. The fourth-order valence-corrected chi connectivity index (χ4v) is 5.85. The Kier molecular flexibility index (Phi) is 15.1. The van der Waals surface area contributed by atoms with Gasteiger partial charge in [0.25, 0.3) is 10.1 Å². The van der Waals surface area contributed by atoms with Crippen LogP contribution in [0.5, 0.6) is 0 Å². The Labute approximate surface area is 235 Å². The molecule has 1 aromatic rings. The molecule has 222 valence electrons. The molecule has 2 rings (SSSR count). The molecule has 0 aromatic heterocycles. The molecule has 3 unspecified atom stereocenters. The average molecular weight is 569 g/mol. The van der Waals surface area contributed by atoms with Crippen LogP contribution < -0.4 is 0 Å². The van der Waals surface area contributed by atoms with E-state index in [9.17, 15) is 18.0 Å². The van der Waals surface area contributed by atoms with E-state index in [4.69, 9.17) is 18.4 Å². The van der Waals surface area contributed by atoms with Gasteiger partial charge in [-0.1, -0.05) is 108 Å². The molecule has 39 heavy (non-hydrogen) atoms. The van der Waals surface area contributed by atoms with Crippen molar-refractivity contribution >= 4 is 22.1 Å². The summed E-state index contributed by atoms with van der Waals surface area (Å²) in [6, 6.07) is 9.57. The number of carbonyl (C=O) groups is 2. The van der Waals surface area contributed by atoms with Crippen LogP contribution in [-0.2, 0) is 44.7 Å². The third kappa shape index (κ3) is 12.8. The van der Waals surface area contributed by atoms with Crippen LogP contribution in [-0.4, -0.2) is 52.5 Å². The highest BCUT2D eigenvalue weighted by molar-refractivity contribution is 7.86. The second-order valence-corrected chi connectivity index (χ2v) is 12.5. The third-order valence-electron chi connectivity index (χ3n) is 7.24. The van der Waals surface area contributed by atoms with Gasteiger partial charge in [0, 0.05) is 6.92 Å². The van der Waals surface area contributed by atoms with Gasteiger partial charge >= 0.3 is 11.9 Å². The van der Waals surface area contributed by atoms with E-state index in [1.54, 1.807) is 0 Å². The number of carbonyl (C=O) groups excluding carboxylic acids is 2. The summed E-state index contributed by atoms with van der Waals surface area (Å²) in [5, 5.41) is 0. The lowest BCUT2D eigenvalue weighted by Gasteiger charge is -2.34. The molecule has 8 nitrogen and oxygen atoms in total. The summed E-state index contributed by atoms with van der Waals surface area (Å²) in [5.41, 5.74) is -0.100. The number of benzene rings is 1. The van der Waals surface area contributed by atoms with Gasteiger partial charge in [0.2, 0.25) is 0 Å². The summed E-state index contributed by atoms with van der Waals surface area (Å²) < 4.78 is 46.6. The molecule has 1 aliphatic heterocycles. The Hall–Kier alpha value is -1.97. The van der Waals surface area contributed by atoms with Gasteiger partial charge in [0.05, 0.1) is 36.9 Å². The number of cyclic esters (lactones) is 1. The minimum absolute atomic E-state index is 0.0412. The summed E-state index contributed by atoms with van der Waals surface area (Å²) in [7, 11) is -3.85. The zero-order valence-electron chi connectivity index (χ0n) is 24.0. The first-order chi connectivity index (χ1) is 18.7. The number of rotatable bonds is 21. The molecule has 1 aromatic carbocycles. The highest BCUT2D eigenvalue weighted by Crippen LogP contribution is 2.41. The maximum atomic E-state index is 13.0. The van der Waals surface area contributed by atoms with Gasteiger partial charge < -0.3 is 14.2 Å². The van der Waals surface area contributed by atoms with Gasteiger partial charge in [-0.25, -0.2) is 0 Å². The van der Waals surface area contributed by atoms with Crippen molar-refractivity contribution in [1.29, 1.82) is 0 Å². The standard InChI is InChI=1S/C30H48O8S/c1-4-5-6-7-8-9-10-11-12-13-17-20-27(38-39(3,33)34)28-29(32)37-24-30(28,23-36-25(2)31)22-35-21-26-18-15-14-16-19-26/h14-16,18-19,27-28H,4-13,17,20-24H2,1-3H3. The molecule has 1 fully saturated rings. The van der Waals surface area contributed by atoms with Crippen LogP contribution in [0.3, 0.4) is 0 Å². The van der Waals surface area contributed by atoms with Gasteiger partial charge in [-0.2, -0.15) is 8.42 Å². The lowest BCUT2D eigenvalue weighted by Crippen LogP contribution is -2.47. The second kappa shape index (κ2) is 17.7. The fourth-order valence-electron chi connectivity index (χ4n) is 5.19. The summed E-state index contributed by atoms with van der Waals surface area (Å²) >= 11 is 0. The number of hydrogen-bond acceptors (Lipinski definition) is 8. The molecule has 0 radical (unpaired) electrons. The van der Waals surface area contributed by atoms with Crippen LogP contribution in [0.25, 0.3) is 0 Å². The van der Waals surface area contributed by atoms with Crippen LogP contribution in [0.1, 0.15) is 96.5 Å². The van der Waals surface area contributed by atoms with Gasteiger partial charge in [-0.3, -0.25) is 13.8 Å². The van der Waals surface area contributed by atoms with Crippen molar-refractivity contribution in [2.24, 2.45) is 11.3 Å². The van der Waals surface area contributed by atoms with Gasteiger partial charge in [0.15, 0.2) is 0 Å². The molecule has 0 N–H and O–H groups in total. The number of esters is 2. The van der Waals surface area contributed by atoms with E-state index in [-0.39, 0.29) is 19.8 Å². The molecule has 0 bridgehead atoms. The number of ether oxygens (including phenoxy) is 3. The number of hydrogen-bond donors (Lipinski definition) is 0. The highest BCUT2D eigenvalue weighted by Gasteiger charge is 2.56. The van der Waals surface area contributed by atoms with Crippen molar-refractivity contribution < 1.29 is 36.4 Å². The predicted molar refractivity (Wildman–Crippen MR) is 150 cm³/mol. The zero-order valence-corrected chi connectivity index (χ0v) is 24.8. The maximum Gasteiger partial charge on any atom is 0.312 e. The Morgan fingerprint density at radius 1 is 0.974 bits per heavy atom. The molecule has 1 heterocycles. The van der Waals surface area contributed by atoms with Crippen LogP contribution in [0.2, 0.25) is 0 Å². The van der Waals surface area contributed by atoms with E-state index in [1.807, 2.05) is 30.3 Å². The second-order valence-electron chi connectivity index (χ2n) is 10.9. The van der Waals surface area contributed by atoms with Gasteiger partial charge in [-0.15, -0.1) is 0 Å². The minimum Gasteiger partial charge on any atom is -0.465 e. The predicted octanol–water partition coefficient (Wildman–Crippen LogP) is 5.97. The monoisotopic (exact) mass is 568 g/mol. The first-order valence-corrected chi connectivity index (χ1v) is 16.3. The van der Waals surface area contributed by atoms with E-state index in [0.29, 0.717) is 13.0 Å². The Balaban J connectivity index is 2.00. The van der Waals surface area contributed by atoms with E-state index >= 15 is 0 Å². The number of unbranched alkanes of at least 4 members (excludes halogenated alkanes) is 10. The van der Waals surface area contributed by atoms with Crippen molar-refractivity contribution in [2.75, 3.05) is 26.1 Å². The fraction of sp³-hybridized carbons (Fsp3) is 0.733. The van der Waals surface area contributed by atoms with Crippen LogP contribution in [0.15, 0.2) is 30.3 Å². The van der Waals surface area contributed by atoms with Crippen LogP contribution in [0, 0.1) is 11.3 Å². The van der Waals surface area contributed by atoms with Crippen molar-refractivity contribution in [1.82, 2.24) is 0 Å². The van der Waals surface area contributed by atoms with Crippen molar-refractivity contribution in [3.8, 4) is 0 Å². The Morgan fingerprint density at radius 3 is 2.13 bits per heavy atom. The first kappa shape index (κ1) is 33.2. The molecular weight excluding hydrogens is 520 g/mol. The molecule has 0 aliphatic carbocycles. The molecule has 1 saturated heterocycles. The molecular formula is C30H48O8S. The summed E-state index contributed by atoms with van der Waals surface area (Å²) in [5.74, 6) is -1.99. The lowest BCUT2D eigenvalue weighted by atomic mass is 9.74. The third-order valence-corrected chi connectivity index (χ3v) is 7.84. The smallest absolute Gasteiger partial charge is 0.312 e. The molecule has 0 amide bonds. The first-order valence-electron chi connectivity index (χ1n) is 14.5. The zero-order chi connectivity index (χ0) is 28.6. The minimum atomic E-state index is -3.85. The molecule has 0 spiro atoms. The summed E-state index contributed by atoms with van der Waals surface area (Å²) in [6.07, 6.45) is 13.2. The molecule has 0 saturated carbocycles. The topological polar surface area (TPSA) is 105 Å². The van der Waals surface area contributed by atoms with Crippen molar-refractivity contribution in [3.05, 3.63) is 35.9 Å². The maximum absolute atomic E-state index is 13.0. The molecule has 1 aliphatic rings. The van der Waals surface area contributed by atoms with E-state index in [1.165, 1.54) is 51.9 Å². The quantitative estimate of drug-likeness (QED) is 0.101. The SMILES string of the molecule is CCCCCCCCCCCCCC(OS(C)(=O)=O)C1C(=O)OCC1(COCc1ccccc1)COC(C)=O. The van der Waals surface area contributed by atoms with E-state index < -0.39 is 39.5 Å². The average Bonchev–Trinajstić information content (AvgIpc) is 3.21. The Bertz CT molecular complexity index is 949. The molecule has 9 heteroatoms. The van der Waals surface area contributed by atoms with Crippen LogP contribution >= 0.6 is 0 Å². The van der Waals surface area contributed by atoms with Crippen LogP contribution in [0.4, 0.5) is 0 Å². The lowest BCUT2D eigenvalue weighted by molar-refractivity contribution is -0.151. The van der Waals surface area contributed by atoms with Crippen molar-refractivity contribution in [2.45, 2.75) is 104 Å².